The molecule has 1 amide bonds. The van der Waals surface area contributed by atoms with Crippen LogP contribution in [0, 0.1) is 0 Å². The molecule has 0 saturated carbocycles. The topological polar surface area (TPSA) is 29.1 Å². The van der Waals surface area contributed by atoms with Crippen molar-refractivity contribution in [3.05, 3.63) is 48.7 Å². The number of hydrogen-bond donors (Lipinski definition) is 1. The Labute approximate surface area is 79.3 Å². The predicted molar refractivity (Wildman–Crippen MR) is 56.1 cm³/mol. The summed E-state index contributed by atoms with van der Waals surface area (Å²) in [6.07, 6.45) is 6.60. The molecule has 0 aliphatic rings. The summed E-state index contributed by atoms with van der Waals surface area (Å²) in [6, 6.07) is 0. The molecule has 13 heavy (non-hydrogen) atoms. The highest BCUT2D eigenvalue weighted by atomic mass is 16.1. The number of nitrogens with one attached hydrogen (secondary N) is 1. The van der Waals surface area contributed by atoms with Gasteiger partial charge in [-0.1, -0.05) is 31.4 Å². The fraction of sp³-hybridized carbons (Fsp3) is 0.182. The molecule has 2 nitrogen and oxygen atoms in total. The Bertz CT molecular complexity index is 272. The second kappa shape index (κ2) is 6.00. The van der Waals surface area contributed by atoms with Gasteiger partial charge in [0.1, 0.15) is 0 Å². The summed E-state index contributed by atoms with van der Waals surface area (Å²) in [5.41, 5.74) is 1.26. The van der Waals surface area contributed by atoms with Crippen molar-refractivity contribution >= 4 is 5.91 Å². The maximum absolute atomic E-state index is 11.4. The van der Waals surface area contributed by atoms with E-state index in [1.54, 1.807) is 25.2 Å². The van der Waals surface area contributed by atoms with Crippen LogP contribution in [0.4, 0.5) is 0 Å². The first kappa shape index (κ1) is 11.4. The highest BCUT2D eigenvalue weighted by Gasteiger charge is 2.03. The van der Waals surface area contributed by atoms with E-state index in [9.17, 15) is 4.79 Å². The lowest BCUT2D eigenvalue weighted by atomic mass is 10.2. The monoisotopic (exact) mass is 177 g/mol. The first-order chi connectivity index (χ1) is 6.19. The SMILES string of the molecule is C=CC(=CC)NC(=O)C(C=C)=CC. The molecule has 0 aliphatic carbocycles. The van der Waals surface area contributed by atoms with Crippen LogP contribution < -0.4 is 5.32 Å². The normalized spacial score (nSPS) is 12.2. The van der Waals surface area contributed by atoms with Gasteiger partial charge in [0.25, 0.3) is 5.91 Å². The third-order valence-electron chi connectivity index (χ3n) is 1.58. The van der Waals surface area contributed by atoms with E-state index in [0.29, 0.717) is 11.3 Å². The molecule has 0 aromatic heterocycles. The van der Waals surface area contributed by atoms with Crippen LogP contribution in [0.2, 0.25) is 0 Å². The first-order valence-electron chi connectivity index (χ1n) is 4.08. The molecule has 0 aromatic carbocycles. The van der Waals surface area contributed by atoms with E-state index in [0.717, 1.165) is 0 Å². The minimum Gasteiger partial charge on any atom is -0.322 e. The second-order valence-electron chi connectivity index (χ2n) is 2.35. The Morgan fingerprint density at radius 3 is 2.08 bits per heavy atom. The summed E-state index contributed by atoms with van der Waals surface area (Å²) in [5.74, 6) is -0.162. The summed E-state index contributed by atoms with van der Waals surface area (Å²) < 4.78 is 0. The van der Waals surface area contributed by atoms with E-state index in [-0.39, 0.29) is 5.91 Å². The molecule has 0 unspecified atom stereocenters. The van der Waals surface area contributed by atoms with Crippen molar-refractivity contribution in [2.75, 3.05) is 0 Å². The van der Waals surface area contributed by atoms with Crippen molar-refractivity contribution in [2.45, 2.75) is 13.8 Å². The molecule has 0 heterocycles. The van der Waals surface area contributed by atoms with Gasteiger partial charge in [-0.2, -0.15) is 0 Å². The molecule has 0 aromatic rings. The van der Waals surface area contributed by atoms with Crippen LogP contribution >= 0.6 is 0 Å². The average molecular weight is 177 g/mol. The number of hydrogen-bond acceptors (Lipinski definition) is 1. The Morgan fingerprint density at radius 2 is 1.77 bits per heavy atom. The third-order valence-corrected chi connectivity index (χ3v) is 1.58. The molecule has 70 valence electrons. The molecule has 0 spiro atoms. The van der Waals surface area contributed by atoms with Crippen molar-refractivity contribution in [3.8, 4) is 0 Å². The van der Waals surface area contributed by atoms with E-state index in [4.69, 9.17) is 0 Å². The van der Waals surface area contributed by atoms with Crippen molar-refractivity contribution in [1.29, 1.82) is 0 Å². The summed E-state index contributed by atoms with van der Waals surface area (Å²) in [4.78, 5) is 11.4. The summed E-state index contributed by atoms with van der Waals surface area (Å²) in [7, 11) is 0. The zero-order valence-electron chi connectivity index (χ0n) is 8.13. The smallest absolute Gasteiger partial charge is 0.255 e. The maximum Gasteiger partial charge on any atom is 0.255 e. The molecule has 2 heteroatoms. The van der Waals surface area contributed by atoms with Gasteiger partial charge in [-0.15, -0.1) is 0 Å². The third kappa shape index (κ3) is 3.56. The Balaban J connectivity index is 4.47. The average Bonchev–Trinajstić information content (AvgIpc) is 2.16. The van der Waals surface area contributed by atoms with Gasteiger partial charge in [0, 0.05) is 11.3 Å². The Kier molecular flexibility index (Phi) is 5.28. The molecule has 1 N–H and O–H groups in total. The lowest BCUT2D eigenvalue weighted by Crippen LogP contribution is -2.22. The van der Waals surface area contributed by atoms with Gasteiger partial charge in [-0.05, 0) is 19.9 Å². The molecule has 0 rings (SSSR count). The van der Waals surface area contributed by atoms with E-state index >= 15 is 0 Å². The zero-order chi connectivity index (χ0) is 10.3. The van der Waals surface area contributed by atoms with Gasteiger partial charge in [0.2, 0.25) is 0 Å². The molecule has 0 aliphatic heterocycles. The zero-order valence-corrected chi connectivity index (χ0v) is 8.13. The van der Waals surface area contributed by atoms with Crippen molar-refractivity contribution in [3.63, 3.8) is 0 Å². The predicted octanol–water partition coefficient (Wildman–Crippen LogP) is 2.32. The second-order valence-corrected chi connectivity index (χ2v) is 2.35. The van der Waals surface area contributed by atoms with Gasteiger partial charge < -0.3 is 5.32 Å². The number of allylic oxidation sites excluding steroid dienone is 3. The fourth-order valence-corrected chi connectivity index (χ4v) is 0.786. The first-order valence-corrected chi connectivity index (χ1v) is 4.08. The van der Waals surface area contributed by atoms with Crippen molar-refractivity contribution < 1.29 is 4.79 Å². The lowest BCUT2D eigenvalue weighted by molar-refractivity contribution is -0.116. The summed E-state index contributed by atoms with van der Waals surface area (Å²) in [6.45, 7) is 10.7. The van der Waals surface area contributed by atoms with Crippen LogP contribution in [0.15, 0.2) is 48.7 Å². The van der Waals surface area contributed by atoms with Gasteiger partial charge >= 0.3 is 0 Å². The van der Waals surface area contributed by atoms with E-state index in [2.05, 4.69) is 18.5 Å². The van der Waals surface area contributed by atoms with Crippen molar-refractivity contribution in [2.24, 2.45) is 0 Å². The molecule has 0 atom stereocenters. The standard InChI is InChI=1S/C11H15NO/c1-5-9(6-2)11(13)12-10(7-3)8-4/h5-8H,1,3H2,2,4H3,(H,12,13). The van der Waals surface area contributed by atoms with E-state index in [1.807, 2.05) is 6.92 Å². The largest absolute Gasteiger partial charge is 0.322 e. The van der Waals surface area contributed by atoms with Gasteiger partial charge in [0.05, 0.1) is 0 Å². The van der Waals surface area contributed by atoms with Gasteiger partial charge in [-0.25, -0.2) is 0 Å². The molecular weight excluding hydrogens is 162 g/mol. The van der Waals surface area contributed by atoms with Crippen molar-refractivity contribution in [1.82, 2.24) is 5.32 Å². The molecular formula is C11H15NO. The minimum atomic E-state index is -0.162. The number of amides is 1. The number of carbonyl (C=O) groups excluding carboxylic acids is 1. The lowest BCUT2D eigenvalue weighted by Gasteiger charge is -2.04. The van der Waals surface area contributed by atoms with Crippen LogP contribution in [-0.4, -0.2) is 5.91 Å². The van der Waals surface area contributed by atoms with Crippen LogP contribution in [0.5, 0.6) is 0 Å². The maximum atomic E-state index is 11.4. The van der Waals surface area contributed by atoms with E-state index in [1.165, 1.54) is 6.08 Å². The fourth-order valence-electron chi connectivity index (χ4n) is 0.786. The summed E-state index contributed by atoms with van der Waals surface area (Å²) >= 11 is 0. The van der Waals surface area contributed by atoms with Crippen LogP contribution in [-0.2, 0) is 4.79 Å². The molecule has 0 fully saturated rings. The quantitative estimate of drug-likeness (QED) is 0.518. The number of carbonyl (C=O) groups is 1. The molecule has 0 saturated heterocycles. The minimum absolute atomic E-state index is 0.162. The summed E-state index contributed by atoms with van der Waals surface area (Å²) in [5, 5.41) is 2.68. The molecule has 0 radical (unpaired) electrons. The van der Waals surface area contributed by atoms with Crippen LogP contribution in [0.25, 0.3) is 0 Å². The molecule has 0 bridgehead atoms. The van der Waals surface area contributed by atoms with Gasteiger partial charge in [-0.3, -0.25) is 4.79 Å². The van der Waals surface area contributed by atoms with Gasteiger partial charge in [0.15, 0.2) is 0 Å². The number of rotatable bonds is 4. The highest BCUT2D eigenvalue weighted by molar-refractivity contribution is 5.97. The highest BCUT2D eigenvalue weighted by Crippen LogP contribution is 1.98. The Hall–Kier alpha value is -1.57. The van der Waals surface area contributed by atoms with E-state index < -0.39 is 0 Å². The van der Waals surface area contributed by atoms with Crippen LogP contribution in [0.1, 0.15) is 13.8 Å². The Morgan fingerprint density at radius 1 is 1.15 bits per heavy atom. The van der Waals surface area contributed by atoms with Crippen LogP contribution in [0.3, 0.4) is 0 Å².